The maximum atomic E-state index is 12.5. The van der Waals surface area contributed by atoms with Crippen molar-refractivity contribution in [3.8, 4) is 11.5 Å². The minimum Gasteiger partial charge on any atom is -0.490 e. The lowest BCUT2D eigenvalue weighted by atomic mass is 10.2. The molecule has 0 atom stereocenters. The molecule has 0 radical (unpaired) electrons. The van der Waals surface area contributed by atoms with Crippen molar-refractivity contribution in [2.24, 2.45) is 0 Å². The van der Waals surface area contributed by atoms with Crippen LogP contribution in [-0.4, -0.2) is 37.4 Å². The lowest BCUT2D eigenvalue weighted by Crippen LogP contribution is -2.34. The quantitative estimate of drug-likeness (QED) is 0.444. The van der Waals surface area contributed by atoms with Crippen molar-refractivity contribution in [2.45, 2.75) is 20.0 Å². The second-order valence-corrected chi connectivity index (χ2v) is 7.32. The van der Waals surface area contributed by atoms with E-state index in [1.54, 1.807) is 25.3 Å². The predicted molar refractivity (Wildman–Crippen MR) is 117 cm³/mol. The molecule has 0 heterocycles. The van der Waals surface area contributed by atoms with Crippen LogP contribution in [0.2, 0.25) is 0 Å². The summed E-state index contributed by atoms with van der Waals surface area (Å²) in [6.45, 7) is 4.79. The Morgan fingerprint density at radius 3 is 2.57 bits per heavy atom. The third kappa shape index (κ3) is 6.78. The summed E-state index contributed by atoms with van der Waals surface area (Å²) in [4.78, 5) is 12.5. The number of carbonyl (C=O) groups excluding carboxylic acids is 1. The standard InChI is InChI=1S/C20H23BrN2O4S/c1-13(2)27-18-7-5-4-6-16(18)22-20(28)23-19(24)14-8-9-17(15(21)12-14)26-11-10-25-3/h4-9,12-13H,10-11H2,1-3H3,(H2,22,23,24,28). The van der Waals surface area contributed by atoms with Crippen LogP contribution >= 0.6 is 28.1 Å². The summed E-state index contributed by atoms with van der Waals surface area (Å²) < 4.78 is 16.9. The zero-order chi connectivity index (χ0) is 20.5. The number of carbonyl (C=O) groups is 1. The lowest BCUT2D eigenvalue weighted by Gasteiger charge is -2.16. The van der Waals surface area contributed by atoms with Crippen molar-refractivity contribution in [3.63, 3.8) is 0 Å². The van der Waals surface area contributed by atoms with Crippen LogP contribution < -0.4 is 20.1 Å². The van der Waals surface area contributed by atoms with Gasteiger partial charge in [0.2, 0.25) is 0 Å². The Morgan fingerprint density at radius 1 is 1.14 bits per heavy atom. The molecule has 0 saturated heterocycles. The number of hydrogen-bond donors (Lipinski definition) is 2. The monoisotopic (exact) mass is 466 g/mol. The highest BCUT2D eigenvalue weighted by molar-refractivity contribution is 9.10. The number of thiocarbonyl (C=S) groups is 1. The summed E-state index contributed by atoms with van der Waals surface area (Å²) in [5.74, 6) is 0.965. The molecule has 0 aliphatic rings. The summed E-state index contributed by atoms with van der Waals surface area (Å²) >= 11 is 8.67. The molecule has 2 aromatic rings. The number of rotatable bonds is 8. The van der Waals surface area contributed by atoms with Crippen molar-refractivity contribution in [1.29, 1.82) is 0 Å². The van der Waals surface area contributed by atoms with Crippen LogP contribution in [0, 0.1) is 0 Å². The van der Waals surface area contributed by atoms with E-state index in [9.17, 15) is 4.79 Å². The lowest BCUT2D eigenvalue weighted by molar-refractivity contribution is 0.0977. The smallest absolute Gasteiger partial charge is 0.257 e. The van der Waals surface area contributed by atoms with E-state index < -0.39 is 0 Å². The van der Waals surface area contributed by atoms with Gasteiger partial charge in [-0.25, -0.2) is 0 Å². The molecule has 1 amide bonds. The first-order valence-electron chi connectivity index (χ1n) is 8.70. The largest absolute Gasteiger partial charge is 0.490 e. The van der Waals surface area contributed by atoms with Crippen molar-refractivity contribution >= 4 is 44.9 Å². The molecule has 8 heteroatoms. The van der Waals surface area contributed by atoms with Gasteiger partial charge in [-0.05, 0) is 72.3 Å². The maximum absolute atomic E-state index is 12.5. The van der Waals surface area contributed by atoms with E-state index in [4.69, 9.17) is 26.4 Å². The van der Waals surface area contributed by atoms with Gasteiger partial charge in [0.15, 0.2) is 5.11 Å². The molecule has 6 nitrogen and oxygen atoms in total. The summed E-state index contributed by atoms with van der Waals surface area (Å²) in [5.41, 5.74) is 1.13. The average Bonchev–Trinajstić information content (AvgIpc) is 2.64. The Kier molecular flexibility index (Phi) is 8.69. The zero-order valence-corrected chi connectivity index (χ0v) is 18.4. The van der Waals surface area contributed by atoms with E-state index >= 15 is 0 Å². The number of benzene rings is 2. The Morgan fingerprint density at radius 2 is 1.89 bits per heavy atom. The van der Waals surface area contributed by atoms with E-state index in [1.165, 1.54) is 0 Å². The van der Waals surface area contributed by atoms with Crippen LogP contribution in [-0.2, 0) is 4.74 Å². The summed E-state index contributed by atoms with van der Waals surface area (Å²) in [6.07, 6.45) is 0.0214. The molecule has 0 aliphatic heterocycles. The van der Waals surface area contributed by atoms with E-state index in [2.05, 4.69) is 26.6 Å². The molecule has 0 saturated carbocycles. The number of anilines is 1. The Balaban J connectivity index is 1.99. The second-order valence-electron chi connectivity index (χ2n) is 6.06. The number of amides is 1. The van der Waals surface area contributed by atoms with Crippen LogP contribution in [0.3, 0.4) is 0 Å². The molecule has 0 fully saturated rings. The molecule has 150 valence electrons. The summed E-state index contributed by atoms with van der Waals surface area (Å²) in [6, 6.07) is 12.5. The summed E-state index contributed by atoms with van der Waals surface area (Å²) in [7, 11) is 1.61. The van der Waals surface area contributed by atoms with E-state index in [1.807, 2.05) is 38.1 Å². The topological polar surface area (TPSA) is 68.8 Å². The third-order valence-electron chi connectivity index (χ3n) is 3.46. The van der Waals surface area contributed by atoms with Gasteiger partial charge in [0, 0.05) is 12.7 Å². The number of methoxy groups -OCH3 is 1. The number of hydrogen-bond acceptors (Lipinski definition) is 5. The minimum absolute atomic E-state index is 0.0214. The number of halogens is 1. The molecule has 0 unspecified atom stereocenters. The molecule has 2 N–H and O–H groups in total. The second kappa shape index (κ2) is 11.0. The molecule has 2 aromatic carbocycles. The molecule has 2 rings (SSSR count). The van der Waals surface area contributed by atoms with Gasteiger partial charge in [0.25, 0.3) is 5.91 Å². The van der Waals surface area contributed by atoms with Crippen molar-refractivity contribution in [3.05, 3.63) is 52.5 Å². The summed E-state index contributed by atoms with van der Waals surface area (Å²) in [5, 5.41) is 5.85. The van der Waals surface area contributed by atoms with Crippen molar-refractivity contribution < 1.29 is 19.0 Å². The van der Waals surface area contributed by atoms with Crippen molar-refractivity contribution in [1.82, 2.24) is 5.32 Å². The first-order valence-corrected chi connectivity index (χ1v) is 9.90. The normalized spacial score (nSPS) is 10.5. The maximum Gasteiger partial charge on any atom is 0.257 e. The van der Waals surface area contributed by atoms with Crippen LogP contribution in [0.15, 0.2) is 46.9 Å². The SMILES string of the molecule is COCCOc1ccc(C(=O)NC(=S)Nc2ccccc2OC(C)C)cc1Br. The van der Waals surface area contributed by atoms with Crippen molar-refractivity contribution in [2.75, 3.05) is 25.6 Å². The third-order valence-corrected chi connectivity index (χ3v) is 4.29. The predicted octanol–water partition coefficient (Wildman–Crippen LogP) is 4.39. The molecule has 0 spiro atoms. The Bertz CT molecular complexity index is 830. The average molecular weight is 467 g/mol. The van der Waals surface area contributed by atoms with E-state index in [-0.39, 0.29) is 17.1 Å². The number of ether oxygens (including phenoxy) is 3. The highest BCUT2D eigenvalue weighted by atomic mass is 79.9. The van der Waals surface area contributed by atoms with Gasteiger partial charge < -0.3 is 19.5 Å². The molecular weight excluding hydrogens is 444 g/mol. The first-order chi connectivity index (χ1) is 13.4. The van der Waals surface area contributed by atoms with Gasteiger partial charge in [0.05, 0.1) is 22.9 Å². The number of nitrogens with one attached hydrogen (secondary N) is 2. The molecule has 0 bridgehead atoms. The zero-order valence-electron chi connectivity index (χ0n) is 16.0. The first kappa shape index (κ1) is 22.1. The van der Waals surface area contributed by atoms with Gasteiger partial charge >= 0.3 is 0 Å². The molecule has 0 aromatic heterocycles. The van der Waals surface area contributed by atoms with Gasteiger partial charge in [-0.3, -0.25) is 10.1 Å². The minimum atomic E-state index is -0.330. The van der Waals surface area contributed by atoms with E-state index in [0.29, 0.717) is 40.4 Å². The van der Waals surface area contributed by atoms with Crippen LogP contribution in [0.4, 0.5) is 5.69 Å². The Hall–Kier alpha value is -2.16. The highest BCUT2D eigenvalue weighted by Gasteiger charge is 2.12. The van der Waals surface area contributed by atoms with Crippen LogP contribution in [0.25, 0.3) is 0 Å². The highest BCUT2D eigenvalue weighted by Crippen LogP contribution is 2.26. The molecular formula is C20H23BrN2O4S. The number of para-hydroxylation sites is 2. The van der Waals surface area contributed by atoms with Crippen LogP contribution in [0.1, 0.15) is 24.2 Å². The van der Waals surface area contributed by atoms with E-state index in [0.717, 1.165) is 0 Å². The molecule has 0 aliphatic carbocycles. The Labute approximate surface area is 178 Å². The van der Waals surface area contributed by atoms with Gasteiger partial charge in [-0.2, -0.15) is 0 Å². The van der Waals surface area contributed by atoms with Crippen LogP contribution in [0.5, 0.6) is 11.5 Å². The molecule has 28 heavy (non-hydrogen) atoms. The van der Waals surface area contributed by atoms with Gasteiger partial charge in [-0.15, -0.1) is 0 Å². The fraction of sp³-hybridized carbons (Fsp3) is 0.300. The fourth-order valence-corrected chi connectivity index (χ4v) is 2.95. The van der Waals surface area contributed by atoms with Gasteiger partial charge in [0.1, 0.15) is 18.1 Å². The fourth-order valence-electron chi connectivity index (χ4n) is 2.25. The van der Waals surface area contributed by atoms with Gasteiger partial charge in [-0.1, -0.05) is 12.1 Å².